The normalized spacial score (nSPS) is 23.1. The molecule has 1 aliphatic heterocycles. The lowest BCUT2D eigenvalue weighted by atomic mass is 10.0. The Balaban J connectivity index is 1.78. The van der Waals surface area contributed by atoms with E-state index in [-0.39, 0.29) is 12.2 Å². The van der Waals surface area contributed by atoms with Crippen molar-refractivity contribution in [2.75, 3.05) is 0 Å². The topological polar surface area (TPSA) is 12.5 Å². The summed E-state index contributed by atoms with van der Waals surface area (Å²) in [5.41, 5.74) is 3.67. The molecule has 0 radical (unpaired) electrons. The van der Waals surface area contributed by atoms with E-state index in [0.29, 0.717) is 0 Å². The Morgan fingerprint density at radius 1 is 1.00 bits per heavy atom. The SMILES string of the molecule is C[Si](C)(C)/C=C/[C@H]1O[C@@H]1c1ccc2ccccc2c1. The van der Waals surface area contributed by atoms with Crippen molar-refractivity contribution in [1.29, 1.82) is 0 Å². The lowest BCUT2D eigenvalue weighted by Crippen LogP contribution is -2.15. The molecule has 0 bridgehead atoms. The monoisotopic (exact) mass is 268 g/mol. The first kappa shape index (κ1) is 12.6. The average Bonchev–Trinajstić information content (AvgIpc) is 3.14. The molecule has 2 aromatic rings. The fourth-order valence-corrected chi connectivity index (χ4v) is 3.07. The molecule has 0 aromatic heterocycles. The zero-order valence-corrected chi connectivity index (χ0v) is 12.8. The van der Waals surface area contributed by atoms with Crippen LogP contribution < -0.4 is 0 Å². The predicted molar refractivity (Wildman–Crippen MR) is 84.0 cm³/mol. The van der Waals surface area contributed by atoms with Crippen molar-refractivity contribution in [3.05, 3.63) is 59.8 Å². The molecule has 98 valence electrons. The first-order valence-electron chi connectivity index (χ1n) is 6.86. The van der Waals surface area contributed by atoms with Gasteiger partial charge in [-0.1, -0.05) is 67.8 Å². The first-order chi connectivity index (χ1) is 9.03. The summed E-state index contributed by atoms with van der Waals surface area (Å²) in [4.78, 5) is 0. The standard InChI is InChI=1S/C17H20OSi/c1-19(2,3)11-10-16-17(18-16)15-9-8-13-6-4-5-7-14(13)12-15/h4-12,16-17H,1-3H3/b11-10+/t16-,17-/m1/s1. The van der Waals surface area contributed by atoms with Gasteiger partial charge in [-0.2, -0.15) is 0 Å². The van der Waals surface area contributed by atoms with E-state index >= 15 is 0 Å². The number of ether oxygens (including phenoxy) is 1. The van der Waals surface area contributed by atoms with E-state index in [2.05, 4.69) is 73.9 Å². The summed E-state index contributed by atoms with van der Waals surface area (Å²) in [6.45, 7) is 7.03. The molecular weight excluding hydrogens is 248 g/mol. The highest BCUT2D eigenvalue weighted by Gasteiger charge is 2.38. The van der Waals surface area contributed by atoms with Gasteiger partial charge in [0.15, 0.2) is 0 Å². The number of benzene rings is 2. The third-order valence-corrected chi connectivity index (χ3v) is 4.61. The quantitative estimate of drug-likeness (QED) is 0.580. The number of epoxide rings is 1. The first-order valence-corrected chi connectivity index (χ1v) is 10.4. The van der Waals surface area contributed by atoms with E-state index in [1.807, 2.05) is 0 Å². The molecule has 2 atom stereocenters. The van der Waals surface area contributed by atoms with Gasteiger partial charge in [-0.25, -0.2) is 0 Å². The number of hydrogen-bond donors (Lipinski definition) is 0. The summed E-state index contributed by atoms with van der Waals surface area (Å²) >= 11 is 0. The van der Waals surface area contributed by atoms with Crippen LogP contribution in [0.25, 0.3) is 10.8 Å². The van der Waals surface area contributed by atoms with Crippen molar-refractivity contribution in [2.24, 2.45) is 0 Å². The minimum atomic E-state index is -1.11. The average molecular weight is 268 g/mol. The van der Waals surface area contributed by atoms with Crippen LogP contribution in [0, 0.1) is 0 Å². The summed E-state index contributed by atoms with van der Waals surface area (Å²) in [5.74, 6) is 0. The molecule has 0 unspecified atom stereocenters. The Labute approximate surface area is 115 Å². The summed E-state index contributed by atoms with van der Waals surface area (Å²) < 4.78 is 5.78. The minimum Gasteiger partial charge on any atom is -0.360 e. The van der Waals surface area contributed by atoms with Crippen LogP contribution in [0.15, 0.2) is 54.2 Å². The van der Waals surface area contributed by atoms with Gasteiger partial charge in [0.2, 0.25) is 0 Å². The molecule has 19 heavy (non-hydrogen) atoms. The molecule has 0 amide bonds. The summed E-state index contributed by atoms with van der Waals surface area (Å²) in [6.07, 6.45) is 2.80. The lowest BCUT2D eigenvalue weighted by Gasteiger charge is -2.07. The Morgan fingerprint density at radius 3 is 2.47 bits per heavy atom. The van der Waals surface area contributed by atoms with Gasteiger partial charge in [0.05, 0.1) is 8.07 Å². The molecule has 1 heterocycles. The predicted octanol–water partition coefficient (Wildman–Crippen LogP) is 4.71. The maximum absolute atomic E-state index is 5.78. The molecule has 1 nitrogen and oxygen atoms in total. The van der Waals surface area contributed by atoms with Gasteiger partial charge in [0.1, 0.15) is 12.2 Å². The second-order valence-corrected chi connectivity index (χ2v) is 11.4. The van der Waals surface area contributed by atoms with Crippen LogP contribution in [-0.4, -0.2) is 14.2 Å². The third kappa shape index (κ3) is 2.96. The molecule has 2 heteroatoms. The molecule has 3 rings (SSSR count). The Morgan fingerprint density at radius 2 is 1.74 bits per heavy atom. The molecular formula is C17H20OSi. The van der Waals surface area contributed by atoms with Crippen LogP contribution in [0.5, 0.6) is 0 Å². The van der Waals surface area contributed by atoms with Crippen LogP contribution in [0.1, 0.15) is 11.7 Å². The van der Waals surface area contributed by atoms with Crippen LogP contribution in [0.3, 0.4) is 0 Å². The van der Waals surface area contributed by atoms with Crippen molar-refractivity contribution >= 4 is 18.8 Å². The van der Waals surface area contributed by atoms with Gasteiger partial charge in [0.25, 0.3) is 0 Å². The van der Waals surface area contributed by atoms with Crippen molar-refractivity contribution in [3.63, 3.8) is 0 Å². The largest absolute Gasteiger partial charge is 0.360 e. The summed E-state index contributed by atoms with van der Waals surface area (Å²) in [7, 11) is -1.11. The van der Waals surface area contributed by atoms with Crippen LogP contribution in [0.4, 0.5) is 0 Å². The molecule has 0 spiro atoms. The van der Waals surface area contributed by atoms with Gasteiger partial charge in [0, 0.05) is 0 Å². The van der Waals surface area contributed by atoms with Gasteiger partial charge < -0.3 is 4.74 Å². The minimum absolute atomic E-state index is 0.261. The zero-order chi connectivity index (χ0) is 13.5. The molecule has 1 saturated heterocycles. The van der Waals surface area contributed by atoms with Gasteiger partial charge in [-0.05, 0) is 22.4 Å². The fourth-order valence-electron chi connectivity index (χ4n) is 2.31. The van der Waals surface area contributed by atoms with Crippen molar-refractivity contribution in [1.82, 2.24) is 0 Å². The summed E-state index contributed by atoms with van der Waals surface area (Å²) in [6, 6.07) is 15.1. The highest BCUT2D eigenvalue weighted by molar-refractivity contribution is 6.80. The van der Waals surface area contributed by atoms with E-state index < -0.39 is 8.07 Å². The van der Waals surface area contributed by atoms with E-state index in [1.165, 1.54) is 16.3 Å². The van der Waals surface area contributed by atoms with Crippen LogP contribution in [-0.2, 0) is 4.74 Å². The zero-order valence-electron chi connectivity index (χ0n) is 11.8. The second-order valence-electron chi connectivity index (χ2n) is 6.35. The molecule has 0 N–H and O–H groups in total. The maximum atomic E-state index is 5.78. The number of hydrogen-bond acceptors (Lipinski definition) is 1. The van der Waals surface area contributed by atoms with Crippen molar-refractivity contribution in [3.8, 4) is 0 Å². The maximum Gasteiger partial charge on any atom is 0.113 e. The molecule has 1 aliphatic rings. The Bertz CT molecular complexity index is 624. The fraction of sp³-hybridized carbons (Fsp3) is 0.294. The van der Waals surface area contributed by atoms with Crippen LogP contribution >= 0.6 is 0 Å². The van der Waals surface area contributed by atoms with Crippen LogP contribution in [0.2, 0.25) is 19.6 Å². The highest BCUT2D eigenvalue weighted by atomic mass is 28.3. The molecule has 0 aliphatic carbocycles. The molecule has 1 fully saturated rings. The van der Waals surface area contributed by atoms with E-state index in [4.69, 9.17) is 4.74 Å². The van der Waals surface area contributed by atoms with E-state index in [1.54, 1.807) is 0 Å². The van der Waals surface area contributed by atoms with Crippen molar-refractivity contribution in [2.45, 2.75) is 31.8 Å². The summed E-state index contributed by atoms with van der Waals surface area (Å²) in [5, 5.41) is 2.59. The van der Waals surface area contributed by atoms with E-state index in [0.717, 1.165) is 0 Å². The third-order valence-electron chi connectivity index (χ3n) is 3.41. The van der Waals surface area contributed by atoms with Gasteiger partial charge in [-0.3, -0.25) is 0 Å². The van der Waals surface area contributed by atoms with Gasteiger partial charge in [-0.15, -0.1) is 0 Å². The highest BCUT2D eigenvalue weighted by Crippen LogP contribution is 2.40. The molecule has 2 aromatic carbocycles. The number of fused-ring (bicyclic) bond motifs is 1. The second kappa shape index (κ2) is 4.62. The Kier molecular flexibility index (Phi) is 3.07. The van der Waals surface area contributed by atoms with Crippen molar-refractivity contribution < 1.29 is 4.74 Å². The Hall–Kier alpha value is -1.38. The van der Waals surface area contributed by atoms with Gasteiger partial charge >= 0.3 is 0 Å². The number of rotatable bonds is 3. The lowest BCUT2D eigenvalue weighted by molar-refractivity contribution is 0.394. The van der Waals surface area contributed by atoms with E-state index in [9.17, 15) is 0 Å². The molecule has 0 saturated carbocycles. The smallest absolute Gasteiger partial charge is 0.113 e.